The van der Waals surface area contributed by atoms with Crippen molar-refractivity contribution in [3.05, 3.63) is 53.3 Å². The minimum atomic E-state index is -0.583. The molecule has 1 unspecified atom stereocenters. The van der Waals surface area contributed by atoms with Crippen LogP contribution in [0, 0.1) is 5.82 Å². The van der Waals surface area contributed by atoms with Gasteiger partial charge in [-0.2, -0.15) is 4.98 Å². The van der Waals surface area contributed by atoms with E-state index in [1.165, 1.54) is 0 Å². The molecule has 236 valence electrons. The van der Waals surface area contributed by atoms with Gasteiger partial charge in [-0.1, -0.05) is 35.9 Å². The summed E-state index contributed by atoms with van der Waals surface area (Å²) in [6.07, 6.45) is 1.42. The van der Waals surface area contributed by atoms with Gasteiger partial charge in [-0.25, -0.2) is 14.2 Å². The maximum absolute atomic E-state index is 16.9. The molecule has 0 spiro atoms. The molecular formula is C34H38ClFN6O3. The molecule has 3 aliphatic rings. The minimum absolute atomic E-state index is 0.0250. The van der Waals surface area contributed by atoms with Gasteiger partial charge >= 0.3 is 6.09 Å². The van der Waals surface area contributed by atoms with Crippen molar-refractivity contribution in [2.75, 3.05) is 50.1 Å². The average molecular weight is 633 g/mol. The van der Waals surface area contributed by atoms with E-state index < -0.39 is 11.4 Å². The largest absolute Gasteiger partial charge is 0.508 e. The molecule has 3 fully saturated rings. The van der Waals surface area contributed by atoms with Crippen LogP contribution in [0.25, 0.3) is 32.8 Å². The quantitative estimate of drug-likeness (QED) is 0.281. The molecule has 7 rings (SSSR count). The highest BCUT2D eigenvalue weighted by Gasteiger charge is 2.45. The van der Waals surface area contributed by atoms with Gasteiger partial charge in [0.25, 0.3) is 0 Å². The van der Waals surface area contributed by atoms with Crippen molar-refractivity contribution < 1.29 is 19.0 Å². The number of phenolic OH excluding ortho intramolecular Hbond substituents is 1. The number of phenols is 1. The van der Waals surface area contributed by atoms with Crippen LogP contribution in [0.1, 0.15) is 33.6 Å². The Balaban J connectivity index is 1.34. The van der Waals surface area contributed by atoms with Crippen LogP contribution in [-0.4, -0.2) is 95.0 Å². The number of ether oxygens (including phenoxy) is 1. The van der Waals surface area contributed by atoms with Crippen LogP contribution in [0.2, 0.25) is 5.02 Å². The van der Waals surface area contributed by atoms with E-state index in [2.05, 4.69) is 14.7 Å². The molecule has 4 aromatic rings. The van der Waals surface area contributed by atoms with E-state index >= 15 is 4.39 Å². The zero-order valence-electron chi connectivity index (χ0n) is 26.2. The number of halogens is 2. The highest BCUT2D eigenvalue weighted by molar-refractivity contribution is 6.35. The van der Waals surface area contributed by atoms with Crippen LogP contribution >= 0.6 is 11.6 Å². The van der Waals surface area contributed by atoms with E-state index in [1.54, 1.807) is 18.2 Å². The van der Waals surface area contributed by atoms with Crippen molar-refractivity contribution in [1.29, 1.82) is 0 Å². The number of rotatable bonds is 4. The van der Waals surface area contributed by atoms with Crippen molar-refractivity contribution in [3.63, 3.8) is 0 Å². The Labute approximate surface area is 267 Å². The number of hydrogen-bond acceptors (Lipinski definition) is 8. The lowest BCUT2D eigenvalue weighted by molar-refractivity contribution is 0.0123. The third kappa shape index (κ3) is 5.27. The Morgan fingerprint density at radius 2 is 1.69 bits per heavy atom. The van der Waals surface area contributed by atoms with E-state index in [4.69, 9.17) is 26.3 Å². The molecule has 9 nitrogen and oxygen atoms in total. The van der Waals surface area contributed by atoms with Crippen LogP contribution in [0.5, 0.6) is 5.75 Å². The van der Waals surface area contributed by atoms with Gasteiger partial charge in [-0.05, 0) is 82.2 Å². The molecule has 3 aromatic carbocycles. The van der Waals surface area contributed by atoms with Crippen molar-refractivity contribution in [3.8, 4) is 16.9 Å². The summed E-state index contributed by atoms with van der Waals surface area (Å²) in [7, 11) is 4.09. The number of aromatic hydroxyl groups is 1. The SMILES string of the molecule is CN(C)C1CN(c2nc(N3CC4CC[C@H](C3)N4C(=O)OC(C)(C)C)c3cc(Cl)c(-c4cc(O)cc5ccccc45)c(F)c3n2)C1. The highest BCUT2D eigenvalue weighted by atomic mass is 35.5. The number of likely N-dealkylation sites (N-methyl/N-ethyl adjacent to an activating group) is 1. The number of piperazine rings is 1. The van der Waals surface area contributed by atoms with Gasteiger partial charge in [-0.3, -0.25) is 4.90 Å². The summed E-state index contributed by atoms with van der Waals surface area (Å²) in [5.74, 6) is 0.540. The minimum Gasteiger partial charge on any atom is -0.508 e. The predicted molar refractivity (Wildman–Crippen MR) is 176 cm³/mol. The van der Waals surface area contributed by atoms with Crippen molar-refractivity contribution in [2.24, 2.45) is 0 Å². The molecule has 1 N–H and O–H groups in total. The van der Waals surface area contributed by atoms with Crippen LogP contribution in [0.3, 0.4) is 0 Å². The molecule has 11 heteroatoms. The summed E-state index contributed by atoms with van der Waals surface area (Å²) < 4.78 is 22.7. The maximum Gasteiger partial charge on any atom is 0.410 e. The Bertz CT molecular complexity index is 1810. The number of nitrogens with zero attached hydrogens (tertiary/aromatic N) is 6. The van der Waals surface area contributed by atoms with E-state index in [1.807, 2.05) is 64.0 Å². The van der Waals surface area contributed by atoms with Gasteiger partial charge < -0.3 is 24.5 Å². The normalized spacial score (nSPS) is 20.4. The molecule has 0 radical (unpaired) electrons. The zero-order valence-corrected chi connectivity index (χ0v) is 27.0. The summed E-state index contributed by atoms with van der Waals surface area (Å²) in [6, 6.07) is 12.7. The number of carbonyl (C=O) groups is 1. The first-order valence-electron chi connectivity index (χ1n) is 15.5. The van der Waals surface area contributed by atoms with Crippen LogP contribution in [0.4, 0.5) is 21.0 Å². The topological polar surface area (TPSA) is 85.3 Å². The van der Waals surface area contributed by atoms with Crippen molar-refractivity contribution in [1.82, 2.24) is 19.8 Å². The third-order valence-corrected chi connectivity index (χ3v) is 9.53. The molecule has 1 amide bonds. The van der Waals surface area contributed by atoms with Crippen LogP contribution < -0.4 is 9.80 Å². The van der Waals surface area contributed by atoms with Crippen LogP contribution in [0.15, 0.2) is 42.5 Å². The number of fused-ring (bicyclic) bond motifs is 4. The number of benzene rings is 3. The first-order valence-corrected chi connectivity index (χ1v) is 15.8. The summed E-state index contributed by atoms with van der Waals surface area (Å²) in [6.45, 7) is 8.17. The molecule has 2 bridgehead atoms. The zero-order chi connectivity index (χ0) is 31.8. The molecule has 4 heterocycles. The second-order valence-corrected chi connectivity index (χ2v) is 14.1. The predicted octanol–water partition coefficient (Wildman–Crippen LogP) is 6.29. The lowest BCUT2D eigenvalue weighted by atomic mass is 9.96. The molecule has 0 aliphatic carbocycles. The second kappa shape index (κ2) is 10.9. The van der Waals surface area contributed by atoms with Gasteiger partial charge in [0.15, 0.2) is 5.82 Å². The van der Waals surface area contributed by atoms with Crippen molar-refractivity contribution >= 4 is 51.1 Å². The number of hydrogen-bond donors (Lipinski definition) is 1. The first-order chi connectivity index (χ1) is 21.4. The number of anilines is 2. The smallest absolute Gasteiger partial charge is 0.410 e. The number of aromatic nitrogens is 2. The first kappa shape index (κ1) is 29.8. The fraction of sp³-hybridized carbons (Fsp3) is 0.441. The lowest BCUT2D eigenvalue weighted by Crippen LogP contribution is -2.58. The average Bonchev–Trinajstić information content (AvgIpc) is 3.20. The van der Waals surface area contributed by atoms with Gasteiger partial charge in [0.1, 0.15) is 22.7 Å². The summed E-state index contributed by atoms with van der Waals surface area (Å²) >= 11 is 6.92. The van der Waals surface area contributed by atoms with Gasteiger partial charge in [0, 0.05) is 43.2 Å². The molecule has 1 aromatic heterocycles. The summed E-state index contributed by atoms with van der Waals surface area (Å²) in [4.78, 5) is 31.2. The molecule has 3 aliphatic heterocycles. The Morgan fingerprint density at radius 3 is 2.36 bits per heavy atom. The summed E-state index contributed by atoms with van der Waals surface area (Å²) in [5.41, 5.74) is 0.283. The maximum atomic E-state index is 16.9. The van der Waals surface area contributed by atoms with Crippen molar-refractivity contribution in [2.45, 2.75) is 57.3 Å². The van der Waals surface area contributed by atoms with E-state index in [0.717, 1.165) is 36.7 Å². The molecule has 45 heavy (non-hydrogen) atoms. The van der Waals surface area contributed by atoms with Gasteiger partial charge in [0.05, 0.1) is 17.1 Å². The van der Waals surface area contributed by atoms with E-state index in [0.29, 0.717) is 41.8 Å². The Kier molecular flexibility index (Phi) is 7.20. The summed E-state index contributed by atoms with van der Waals surface area (Å²) in [5, 5.41) is 12.8. The van der Waals surface area contributed by atoms with Crippen LogP contribution in [-0.2, 0) is 4.74 Å². The fourth-order valence-electron chi connectivity index (χ4n) is 6.93. The second-order valence-electron chi connectivity index (χ2n) is 13.7. The lowest BCUT2D eigenvalue weighted by Gasteiger charge is -2.44. The standard InChI is InChI=1S/C34H38ClFN6O3/c1-34(2,3)45-33(44)42-20-10-11-21(42)16-40(15-20)31-26-14-27(35)28(25-13-23(43)12-19-8-6-7-9-24(19)25)29(36)30(26)37-32(38-31)41-17-22(18-41)39(4)5/h6-9,12-14,20-22,43H,10-11,15-18H2,1-5H3/t20-,21?/m1/s1. The molecule has 3 saturated heterocycles. The van der Waals surface area contributed by atoms with E-state index in [-0.39, 0.29) is 40.0 Å². The number of carbonyl (C=O) groups excluding carboxylic acids is 1. The van der Waals surface area contributed by atoms with E-state index in [9.17, 15) is 9.90 Å². The molecule has 0 saturated carbocycles. The number of amides is 1. The van der Waals surface area contributed by atoms with Gasteiger partial charge in [-0.15, -0.1) is 0 Å². The Morgan fingerprint density at radius 1 is 1.00 bits per heavy atom. The van der Waals surface area contributed by atoms with Gasteiger partial charge in [0.2, 0.25) is 5.95 Å². The monoisotopic (exact) mass is 632 g/mol. The third-order valence-electron chi connectivity index (χ3n) is 9.23. The molecular weight excluding hydrogens is 595 g/mol. The Hall–Kier alpha value is -3.89. The fourth-order valence-corrected chi connectivity index (χ4v) is 7.23. The molecule has 2 atom stereocenters. The highest BCUT2D eigenvalue weighted by Crippen LogP contribution is 2.44.